The molecule has 1 saturated carbocycles. The minimum Gasteiger partial charge on any atom is -0.393 e. The number of carbonyl (C=O) groups is 1. The standard InChI is InChI=1S/C14H21N3O2/c1-9-5-10(2)17(15-9)8-14(19)16-6-11-3-4-13(18)12(11)7-16/h5,11-13,18H,3-4,6-8H2,1-2H3. The SMILES string of the molecule is Cc1cc(C)n(CC(=O)N2CC3CCC(O)C3C2)n1. The molecule has 104 valence electrons. The Morgan fingerprint density at radius 2 is 2.21 bits per heavy atom. The lowest BCUT2D eigenvalue weighted by Crippen LogP contribution is -2.34. The van der Waals surface area contributed by atoms with Crippen LogP contribution >= 0.6 is 0 Å². The van der Waals surface area contributed by atoms with Gasteiger partial charge in [-0.25, -0.2) is 0 Å². The summed E-state index contributed by atoms with van der Waals surface area (Å²) in [5.74, 6) is 0.914. The minimum atomic E-state index is -0.212. The Morgan fingerprint density at radius 3 is 2.84 bits per heavy atom. The first-order chi connectivity index (χ1) is 9.04. The van der Waals surface area contributed by atoms with Gasteiger partial charge in [0.1, 0.15) is 6.54 Å². The average molecular weight is 263 g/mol. The lowest BCUT2D eigenvalue weighted by Gasteiger charge is -2.18. The van der Waals surface area contributed by atoms with Crippen molar-refractivity contribution in [2.75, 3.05) is 13.1 Å². The summed E-state index contributed by atoms with van der Waals surface area (Å²) in [7, 11) is 0. The normalized spacial score (nSPS) is 29.8. The molecule has 2 fully saturated rings. The summed E-state index contributed by atoms with van der Waals surface area (Å²) in [6, 6.07) is 1.98. The quantitative estimate of drug-likeness (QED) is 0.855. The third kappa shape index (κ3) is 2.27. The minimum absolute atomic E-state index is 0.118. The van der Waals surface area contributed by atoms with Crippen molar-refractivity contribution < 1.29 is 9.90 Å². The largest absolute Gasteiger partial charge is 0.393 e. The van der Waals surface area contributed by atoms with Gasteiger partial charge in [0.25, 0.3) is 0 Å². The Kier molecular flexibility index (Phi) is 3.09. The maximum atomic E-state index is 12.3. The Labute approximate surface area is 113 Å². The first-order valence-corrected chi connectivity index (χ1v) is 7.01. The van der Waals surface area contributed by atoms with E-state index in [1.165, 1.54) is 0 Å². The fourth-order valence-electron chi connectivity index (χ4n) is 3.50. The van der Waals surface area contributed by atoms with Gasteiger partial charge in [-0.3, -0.25) is 9.48 Å². The number of carbonyl (C=O) groups excluding carboxylic acids is 1. The smallest absolute Gasteiger partial charge is 0.244 e. The molecule has 1 saturated heterocycles. The number of amides is 1. The number of rotatable bonds is 2. The Bertz CT molecular complexity index is 497. The van der Waals surface area contributed by atoms with Gasteiger partial charge in [0, 0.05) is 24.7 Å². The summed E-state index contributed by atoms with van der Waals surface area (Å²) in [6.07, 6.45) is 1.74. The van der Waals surface area contributed by atoms with Crippen LogP contribution in [-0.2, 0) is 11.3 Å². The van der Waals surface area contributed by atoms with E-state index < -0.39 is 0 Å². The van der Waals surface area contributed by atoms with Crippen molar-refractivity contribution >= 4 is 5.91 Å². The number of hydrogen-bond acceptors (Lipinski definition) is 3. The molecule has 1 amide bonds. The molecule has 1 aliphatic heterocycles. The number of aromatic nitrogens is 2. The van der Waals surface area contributed by atoms with Crippen molar-refractivity contribution in [3.05, 3.63) is 17.5 Å². The fraction of sp³-hybridized carbons (Fsp3) is 0.714. The fourth-order valence-corrected chi connectivity index (χ4v) is 3.50. The predicted octanol–water partition coefficient (Wildman–Crippen LogP) is 0.729. The third-order valence-electron chi connectivity index (χ3n) is 4.56. The monoisotopic (exact) mass is 263 g/mol. The van der Waals surface area contributed by atoms with E-state index >= 15 is 0 Å². The molecule has 19 heavy (non-hydrogen) atoms. The molecule has 5 nitrogen and oxygen atoms in total. The number of nitrogens with zero attached hydrogens (tertiary/aromatic N) is 3. The van der Waals surface area contributed by atoms with Crippen LogP contribution in [0.3, 0.4) is 0 Å². The maximum absolute atomic E-state index is 12.3. The maximum Gasteiger partial charge on any atom is 0.244 e. The van der Waals surface area contributed by atoms with Crippen LogP contribution in [0.5, 0.6) is 0 Å². The molecule has 1 N–H and O–H groups in total. The summed E-state index contributed by atoms with van der Waals surface area (Å²) in [5, 5.41) is 14.2. The number of fused-ring (bicyclic) bond motifs is 1. The van der Waals surface area contributed by atoms with Crippen molar-refractivity contribution in [3.63, 3.8) is 0 Å². The molecule has 2 aliphatic rings. The second kappa shape index (κ2) is 4.63. The number of aryl methyl sites for hydroxylation is 2. The van der Waals surface area contributed by atoms with E-state index in [2.05, 4.69) is 5.10 Å². The molecule has 1 aromatic heterocycles. The van der Waals surface area contributed by atoms with Gasteiger partial charge < -0.3 is 10.0 Å². The second-order valence-electron chi connectivity index (χ2n) is 5.95. The van der Waals surface area contributed by atoms with Gasteiger partial charge in [-0.2, -0.15) is 5.10 Å². The molecule has 0 spiro atoms. The number of hydrogen-bond donors (Lipinski definition) is 1. The van der Waals surface area contributed by atoms with Crippen LogP contribution in [-0.4, -0.2) is 44.9 Å². The van der Waals surface area contributed by atoms with Gasteiger partial charge in [0.2, 0.25) is 5.91 Å². The molecule has 3 unspecified atom stereocenters. The molecule has 0 aromatic carbocycles. The van der Waals surface area contributed by atoms with Crippen molar-refractivity contribution in [1.29, 1.82) is 0 Å². The molecule has 3 rings (SSSR count). The van der Waals surface area contributed by atoms with E-state index in [1.807, 2.05) is 24.8 Å². The Hall–Kier alpha value is -1.36. The van der Waals surface area contributed by atoms with Gasteiger partial charge >= 0.3 is 0 Å². The van der Waals surface area contributed by atoms with E-state index in [4.69, 9.17) is 0 Å². The zero-order valence-electron chi connectivity index (χ0n) is 11.5. The third-order valence-corrected chi connectivity index (χ3v) is 4.56. The molecular weight excluding hydrogens is 242 g/mol. The van der Waals surface area contributed by atoms with Crippen LogP contribution in [0, 0.1) is 25.7 Å². The van der Waals surface area contributed by atoms with E-state index in [0.717, 1.165) is 30.8 Å². The van der Waals surface area contributed by atoms with Gasteiger partial charge in [-0.1, -0.05) is 0 Å². The van der Waals surface area contributed by atoms with Gasteiger partial charge in [0.15, 0.2) is 0 Å². The van der Waals surface area contributed by atoms with Crippen LogP contribution in [0.1, 0.15) is 24.2 Å². The highest BCUT2D eigenvalue weighted by atomic mass is 16.3. The topological polar surface area (TPSA) is 58.4 Å². The summed E-state index contributed by atoms with van der Waals surface area (Å²) in [4.78, 5) is 14.2. The van der Waals surface area contributed by atoms with Crippen molar-refractivity contribution in [2.24, 2.45) is 11.8 Å². The van der Waals surface area contributed by atoms with Gasteiger partial charge in [-0.15, -0.1) is 0 Å². The Balaban J connectivity index is 1.64. The van der Waals surface area contributed by atoms with Crippen LogP contribution in [0.15, 0.2) is 6.07 Å². The van der Waals surface area contributed by atoms with E-state index in [0.29, 0.717) is 24.9 Å². The van der Waals surface area contributed by atoms with Crippen LogP contribution in [0.25, 0.3) is 0 Å². The van der Waals surface area contributed by atoms with E-state index in [-0.39, 0.29) is 12.0 Å². The van der Waals surface area contributed by atoms with Crippen molar-refractivity contribution in [1.82, 2.24) is 14.7 Å². The first kappa shape index (κ1) is 12.7. The molecule has 1 aromatic rings. The lowest BCUT2D eigenvalue weighted by molar-refractivity contribution is -0.131. The summed E-state index contributed by atoms with van der Waals surface area (Å²) in [6.45, 7) is 5.74. The molecular formula is C14H21N3O2. The first-order valence-electron chi connectivity index (χ1n) is 7.01. The predicted molar refractivity (Wildman–Crippen MR) is 70.5 cm³/mol. The molecule has 3 atom stereocenters. The lowest BCUT2D eigenvalue weighted by atomic mass is 10.00. The molecule has 2 heterocycles. The highest BCUT2D eigenvalue weighted by Gasteiger charge is 2.43. The van der Waals surface area contributed by atoms with Crippen molar-refractivity contribution in [3.8, 4) is 0 Å². The van der Waals surface area contributed by atoms with Gasteiger partial charge in [-0.05, 0) is 38.7 Å². The summed E-state index contributed by atoms with van der Waals surface area (Å²) >= 11 is 0. The number of aliphatic hydroxyl groups is 1. The molecule has 1 aliphatic carbocycles. The van der Waals surface area contributed by atoms with Crippen LogP contribution < -0.4 is 0 Å². The van der Waals surface area contributed by atoms with E-state index in [1.54, 1.807) is 4.68 Å². The molecule has 0 radical (unpaired) electrons. The second-order valence-corrected chi connectivity index (χ2v) is 5.95. The van der Waals surface area contributed by atoms with E-state index in [9.17, 15) is 9.90 Å². The zero-order chi connectivity index (χ0) is 13.6. The highest BCUT2D eigenvalue weighted by Crippen LogP contribution is 2.38. The van der Waals surface area contributed by atoms with Crippen LogP contribution in [0.4, 0.5) is 0 Å². The number of aliphatic hydroxyl groups excluding tert-OH is 1. The van der Waals surface area contributed by atoms with Crippen molar-refractivity contribution in [2.45, 2.75) is 39.3 Å². The van der Waals surface area contributed by atoms with Gasteiger partial charge in [0.05, 0.1) is 11.8 Å². The molecule has 5 heteroatoms. The number of likely N-dealkylation sites (tertiary alicyclic amines) is 1. The highest BCUT2D eigenvalue weighted by molar-refractivity contribution is 5.76. The molecule has 0 bridgehead atoms. The summed E-state index contributed by atoms with van der Waals surface area (Å²) in [5.41, 5.74) is 1.96. The Morgan fingerprint density at radius 1 is 1.42 bits per heavy atom. The average Bonchev–Trinajstić information content (AvgIpc) is 2.98. The summed E-state index contributed by atoms with van der Waals surface area (Å²) < 4.78 is 1.77. The zero-order valence-corrected chi connectivity index (χ0v) is 11.5. The van der Waals surface area contributed by atoms with Crippen LogP contribution in [0.2, 0.25) is 0 Å².